The summed E-state index contributed by atoms with van der Waals surface area (Å²) in [6, 6.07) is 5.36. The summed E-state index contributed by atoms with van der Waals surface area (Å²) in [5, 5.41) is 9.12. The van der Waals surface area contributed by atoms with Gasteiger partial charge in [-0.3, -0.25) is 0 Å². The second kappa shape index (κ2) is 7.49. The van der Waals surface area contributed by atoms with Gasteiger partial charge in [0.25, 0.3) is 0 Å². The summed E-state index contributed by atoms with van der Waals surface area (Å²) in [6.45, 7) is 0.362. The zero-order chi connectivity index (χ0) is 14.3. The predicted molar refractivity (Wildman–Crippen MR) is 75.8 cm³/mol. The third-order valence-corrected chi connectivity index (χ3v) is 2.32. The summed E-state index contributed by atoms with van der Waals surface area (Å²) >= 11 is 5.59. The molecule has 0 fully saturated rings. The molecule has 5 nitrogen and oxygen atoms in total. The molecule has 0 atom stereocenters. The maximum Gasteiger partial charge on any atom is 0.163 e. The molecule has 0 N–H and O–H groups in total. The first-order valence-electron chi connectivity index (χ1n) is 5.64. The average molecular weight is 282 g/mol. The normalized spacial score (nSPS) is 10.3. The van der Waals surface area contributed by atoms with Crippen LogP contribution >= 0.6 is 11.6 Å². The van der Waals surface area contributed by atoms with Gasteiger partial charge in [-0.05, 0) is 0 Å². The lowest BCUT2D eigenvalue weighted by Gasteiger charge is -2.11. The third-order valence-electron chi connectivity index (χ3n) is 2.16. The Hall–Kier alpha value is -1.93. The number of rotatable bonds is 6. The highest BCUT2D eigenvalue weighted by atomic mass is 35.5. The predicted octanol–water partition coefficient (Wildman–Crippen LogP) is 2.41. The Kier molecular flexibility index (Phi) is 5.97. The van der Waals surface area contributed by atoms with Crippen molar-refractivity contribution in [2.45, 2.75) is 0 Å². The second-order valence-electron chi connectivity index (χ2n) is 3.88. The summed E-state index contributed by atoms with van der Waals surface area (Å²) in [7, 11) is 5.22. The summed E-state index contributed by atoms with van der Waals surface area (Å²) in [4.78, 5) is 6.01. The van der Waals surface area contributed by atoms with E-state index in [2.05, 4.69) is 11.1 Å². The Bertz CT molecular complexity index is 495. The number of halogens is 1. The molecule has 0 amide bonds. The molecule has 0 heterocycles. The van der Waals surface area contributed by atoms with Gasteiger partial charge in [0.2, 0.25) is 0 Å². The minimum atomic E-state index is 0.362. The van der Waals surface area contributed by atoms with Gasteiger partial charge in [-0.2, -0.15) is 5.26 Å². The number of benzene rings is 1. The van der Waals surface area contributed by atoms with Crippen molar-refractivity contribution in [3.8, 4) is 17.6 Å². The lowest BCUT2D eigenvalue weighted by atomic mass is 10.1. The molecule has 19 heavy (non-hydrogen) atoms. The molecule has 0 aromatic heterocycles. The SMILES string of the molecule is COc1cc(C#N)c(/N=C\N(C)C)cc1OCCCl. The highest BCUT2D eigenvalue weighted by Gasteiger charge is 2.11. The molecule has 0 unspecified atom stereocenters. The van der Waals surface area contributed by atoms with E-state index in [4.69, 9.17) is 26.3 Å². The zero-order valence-corrected chi connectivity index (χ0v) is 11.9. The first kappa shape index (κ1) is 15.1. The molecule has 6 heteroatoms. The monoisotopic (exact) mass is 281 g/mol. The van der Waals surface area contributed by atoms with Crippen molar-refractivity contribution >= 4 is 23.6 Å². The van der Waals surface area contributed by atoms with Crippen molar-refractivity contribution in [3.63, 3.8) is 0 Å². The van der Waals surface area contributed by atoms with Crippen molar-refractivity contribution in [3.05, 3.63) is 17.7 Å². The quantitative estimate of drug-likeness (QED) is 0.456. The first-order chi connectivity index (χ1) is 9.12. The number of methoxy groups -OCH3 is 1. The molecule has 0 saturated heterocycles. The highest BCUT2D eigenvalue weighted by molar-refractivity contribution is 6.18. The maximum absolute atomic E-state index is 9.12. The molecule has 1 aromatic carbocycles. The van der Waals surface area contributed by atoms with Crippen molar-refractivity contribution < 1.29 is 9.47 Å². The fraction of sp³-hybridized carbons (Fsp3) is 0.385. The van der Waals surface area contributed by atoms with Gasteiger partial charge in [0.1, 0.15) is 12.7 Å². The van der Waals surface area contributed by atoms with Gasteiger partial charge >= 0.3 is 0 Å². The molecule has 0 aliphatic heterocycles. The number of aliphatic imine (C=N–C) groups is 1. The van der Waals surface area contributed by atoms with Gasteiger partial charge in [-0.25, -0.2) is 4.99 Å². The number of hydrogen-bond acceptors (Lipinski definition) is 4. The summed E-state index contributed by atoms with van der Waals surface area (Å²) < 4.78 is 10.7. The molecule has 1 rings (SSSR count). The number of hydrogen-bond donors (Lipinski definition) is 0. The highest BCUT2D eigenvalue weighted by Crippen LogP contribution is 2.34. The molecule has 0 radical (unpaired) electrons. The Morgan fingerprint density at radius 2 is 2.16 bits per heavy atom. The molecular formula is C13H16ClN3O2. The topological polar surface area (TPSA) is 57.8 Å². The number of nitrogens with zero attached hydrogens (tertiary/aromatic N) is 3. The van der Waals surface area contributed by atoms with Crippen LogP contribution in [-0.4, -0.2) is 44.9 Å². The van der Waals surface area contributed by atoms with Crippen LogP contribution in [0.15, 0.2) is 17.1 Å². The summed E-state index contributed by atoms with van der Waals surface area (Å²) in [5.41, 5.74) is 0.953. The van der Waals surface area contributed by atoms with Crippen molar-refractivity contribution in [2.75, 3.05) is 33.7 Å². The van der Waals surface area contributed by atoms with Gasteiger partial charge in [0.15, 0.2) is 11.5 Å². The van der Waals surface area contributed by atoms with E-state index in [-0.39, 0.29) is 0 Å². The minimum absolute atomic E-state index is 0.362. The van der Waals surface area contributed by atoms with E-state index >= 15 is 0 Å². The van der Waals surface area contributed by atoms with Crippen LogP contribution in [0.3, 0.4) is 0 Å². The summed E-state index contributed by atoms with van der Waals surface area (Å²) in [6.07, 6.45) is 1.62. The van der Waals surface area contributed by atoms with E-state index in [1.165, 1.54) is 7.11 Å². The zero-order valence-electron chi connectivity index (χ0n) is 11.2. The number of nitriles is 1. The van der Waals surface area contributed by atoms with Crippen molar-refractivity contribution in [1.29, 1.82) is 5.26 Å². The number of ether oxygens (including phenoxy) is 2. The molecule has 0 spiro atoms. The maximum atomic E-state index is 9.12. The molecule has 0 aliphatic rings. The summed E-state index contributed by atoms with van der Waals surface area (Å²) in [5.74, 6) is 1.39. The van der Waals surface area contributed by atoms with E-state index in [1.54, 1.807) is 23.4 Å². The van der Waals surface area contributed by atoms with Crippen LogP contribution in [0.4, 0.5) is 5.69 Å². The molecular weight excluding hydrogens is 266 g/mol. The smallest absolute Gasteiger partial charge is 0.163 e. The standard InChI is InChI=1S/C13H16ClN3O2/c1-17(2)9-16-11-7-13(19-5-4-14)12(18-3)6-10(11)8-15/h6-7,9H,4-5H2,1-3H3/b16-9-. The van der Waals surface area contributed by atoms with Crippen LogP contribution in [0.1, 0.15) is 5.56 Å². The van der Waals surface area contributed by atoms with Gasteiger partial charge in [0, 0.05) is 26.2 Å². The van der Waals surface area contributed by atoms with E-state index in [1.807, 2.05) is 14.1 Å². The van der Waals surface area contributed by atoms with E-state index in [9.17, 15) is 0 Å². The first-order valence-corrected chi connectivity index (χ1v) is 6.17. The Morgan fingerprint density at radius 1 is 1.42 bits per heavy atom. The Labute approximate surface area is 118 Å². The van der Waals surface area contributed by atoms with Crippen LogP contribution in [0, 0.1) is 11.3 Å². The van der Waals surface area contributed by atoms with Crippen LogP contribution in [0.5, 0.6) is 11.5 Å². The van der Waals surface area contributed by atoms with Crippen LogP contribution in [0.2, 0.25) is 0 Å². The van der Waals surface area contributed by atoms with Crippen molar-refractivity contribution in [1.82, 2.24) is 4.90 Å². The Morgan fingerprint density at radius 3 is 2.68 bits per heavy atom. The van der Waals surface area contributed by atoms with Gasteiger partial charge in [-0.15, -0.1) is 11.6 Å². The molecule has 0 saturated carbocycles. The molecule has 0 aliphatic carbocycles. The number of alkyl halides is 1. The Balaban J connectivity index is 3.18. The van der Waals surface area contributed by atoms with Gasteiger partial charge in [-0.1, -0.05) is 0 Å². The third kappa shape index (κ3) is 4.34. The fourth-order valence-electron chi connectivity index (χ4n) is 1.34. The van der Waals surface area contributed by atoms with Crippen LogP contribution in [-0.2, 0) is 0 Å². The van der Waals surface area contributed by atoms with E-state index < -0.39 is 0 Å². The molecule has 1 aromatic rings. The van der Waals surface area contributed by atoms with Gasteiger partial charge in [0.05, 0.1) is 30.6 Å². The van der Waals surface area contributed by atoms with E-state index in [0.717, 1.165) is 0 Å². The second-order valence-corrected chi connectivity index (χ2v) is 4.26. The molecule has 0 bridgehead atoms. The van der Waals surface area contributed by atoms with Gasteiger partial charge < -0.3 is 14.4 Å². The largest absolute Gasteiger partial charge is 0.493 e. The minimum Gasteiger partial charge on any atom is -0.493 e. The molecule has 102 valence electrons. The van der Waals surface area contributed by atoms with E-state index in [0.29, 0.717) is 35.2 Å². The van der Waals surface area contributed by atoms with Crippen molar-refractivity contribution in [2.24, 2.45) is 4.99 Å². The lowest BCUT2D eigenvalue weighted by Crippen LogP contribution is -2.07. The fourth-order valence-corrected chi connectivity index (χ4v) is 1.42. The van der Waals surface area contributed by atoms with Crippen LogP contribution < -0.4 is 9.47 Å². The lowest BCUT2D eigenvalue weighted by molar-refractivity contribution is 0.313. The average Bonchev–Trinajstić information content (AvgIpc) is 2.42. The van der Waals surface area contributed by atoms with Crippen LogP contribution in [0.25, 0.3) is 0 Å².